The molecule has 0 bridgehead atoms. The van der Waals surface area contributed by atoms with Gasteiger partial charge in [0.15, 0.2) is 5.76 Å². The number of nitrogens with one attached hydrogen (secondary N) is 1. The second kappa shape index (κ2) is 8.30. The Labute approximate surface area is 187 Å². The lowest BCUT2D eigenvalue weighted by molar-refractivity contribution is -0.122. The number of aryl methyl sites for hydroxylation is 3. The van der Waals surface area contributed by atoms with Gasteiger partial charge in [0.05, 0.1) is 5.69 Å². The number of hydrogen-bond donors (Lipinski definition) is 1. The van der Waals surface area contributed by atoms with Crippen LogP contribution < -0.4 is 5.32 Å². The zero-order valence-corrected chi connectivity index (χ0v) is 18.6. The first-order valence-corrected chi connectivity index (χ1v) is 11.3. The quantitative estimate of drug-likeness (QED) is 0.670. The van der Waals surface area contributed by atoms with Gasteiger partial charge in [0, 0.05) is 43.4 Å². The molecule has 2 amide bonds. The number of amides is 2. The monoisotopic (exact) mass is 432 g/mol. The smallest absolute Gasteiger partial charge is 0.289 e. The molecule has 7 heteroatoms. The lowest BCUT2D eigenvalue weighted by atomic mass is 9.93. The molecule has 7 nitrogen and oxygen atoms in total. The van der Waals surface area contributed by atoms with Crippen molar-refractivity contribution in [1.29, 1.82) is 0 Å². The number of aromatic nitrogens is 2. The van der Waals surface area contributed by atoms with Crippen LogP contribution in [0.2, 0.25) is 0 Å². The molecule has 2 aromatic heterocycles. The van der Waals surface area contributed by atoms with Crippen molar-refractivity contribution in [3.8, 4) is 11.3 Å². The highest BCUT2D eigenvalue weighted by atomic mass is 16.4. The van der Waals surface area contributed by atoms with Crippen molar-refractivity contribution < 1.29 is 14.0 Å². The molecule has 0 unspecified atom stereocenters. The molecule has 0 spiro atoms. The molecular weight excluding hydrogens is 404 g/mol. The van der Waals surface area contributed by atoms with Gasteiger partial charge in [-0.1, -0.05) is 24.3 Å². The summed E-state index contributed by atoms with van der Waals surface area (Å²) in [5, 5.41) is 7.69. The van der Waals surface area contributed by atoms with E-state index in [2.05, 4.69) is 5.32 Å². The average Bonchev–Trinajstić information content (AvgIpc) is 3.51. The molecule has 1 fully saturated rings. The molecule has 0 radical (unpaired) electrons. The van der Waals surface area contributed by atoms with Gasteiger partial charge >= 0.3 is 0 Å². The molecule has 32 heavy (non-hydrogen) atoms. The zero-order chi connectivity index (χ0) is 22.2. The van der Waals surface area contributed by atoms with Gasteiger partial charge in [0.25, 0.3) is 5.91 Å². The van der Waals surface area contributed by atoms with Crippen molar-refractivity contribution in [3.63, 3.8) is 0 Å². The largest absolute Gasteiger partial charge is 0.455 e. The van der Waals surface area contributed by atoms with Crippen LogP contribution in [0.4, 0.5) is 0 Å². The first-order valence-electron chi connectivity index (χ1n) is 11.3. The summed E-state index contributed by atoms with van der Waals surface area (Å²) in [7, 11) is 0. The van der Waals surface area contributed by atoms with E-state index in [1.807, 2.05) is 49.2 Å². The summed E-state index contributed by atoms with van der Waals surface area (Å²) in [6.07, 6.45) is 5.57. The van der Waals surface area contributed by atoms with Crippen molar-refractivity contribution in [3.05, 3.63) is 64.2 Å². The third kappa shape index (κ3) is 3.72. The highest BCUT2D eigenvalue weighted by molar-refractivity contribution is 5.95. The van der Waals surface area contributed by atoms with E-state index in [1.165, 1.54) is 0 Å². The SMILES string of the molecule is Cc1ccccc1CNC(=O)Cn1cc2c(n1)-c1c(oc(C(=O)N3CCCC3)c1C)CC2. The van der Waals surface area contributed by atoms with Gasteiger partial charge < -0.3 is 14.6 Å². The number of carbonyl (C=O) groups is 2. The Bertz CT molecular complexity index is 1180. The van der Waals surface area contributed by atoms with Gasteiger partial charge in [-0.05, 0) is 49.8 Å². The van der Waals surface area contributed by atoms with Gasteiger partial charge in [0.1, 0.15) is 12.3 Å². The van der Waals surface area contributed by atoms with E-state index in [0.29, 0.717) is 12.3 Å². The number of benzene rings is 1. The lowest BCUT2D eigenvalue weighted by Crippen LogP contribution is -2.27. The van der Waals surface area contributed by atoms with Crippen molar-refractivity contribution >= 4 is 11.8 Å². The molecule has 0 saturated carbocycles. The second-order valence-electron chi connectivity index (χ2n) is 8.76. The molecule has 1 aliphatic heterocycles. The van der Waals surface area contributed by atoms with Crippen molar-refractivity contribution in [1.82, 2.24) is 20.0 Å². The second-order valence-corrected chi connectivity index (χ2v) is 8.76. The van der Waals surface area contributed by atoms with Crippen LogP contribution in [0.15, 0.2) is 34.9 Å². The normalized spacial score (nSPS) is 14.9. The fourth-order valence-corrected chi connectivity index (χ4v) is 4.72. The summed E-state index contributed by atoms with van der Waals surface area (Å²) in [4.78, 5) is 27.3. The number of likely N-dealkylation sites (tertiary alicyclic amines) is 1. The summed E-state index contributed by atoms with van der Waals surface area (Å²) in [6.45, 7) is 6.22. The number of furan rings is 1. The number of nitrogens with zero attached hydrogens (tertiary/aromatic N) is 3. The van der Waals surface area contributed by atoms with E-state index in [4.69, 9.17) is 9.52 Å². The molecule has 5 rings (SSSR count). The summed E-state index contributed by atoms with van der Waals surface area (Å²) in [6, 6.07) is 8.03. The van der Waals surface area contributed by atoms with Gasteiger partial charge in [0.2, 0.25) is 5.91 Å². The van der Waals surface area contributed by atoms with Crippen LogP contribution in [-0.4, -0.2) is 39.6 Å². The van der Waals surface area contributed by atoms with Crippen molar-refractivity contribution in [2.45, 2.75) is 52.6 Å². The molecule has 1 aliphatic carbocycles. The number of hydrogen-bond acceptors (Lipinski definition) is 4. The topological polar surface area (TPSA) is 80.4 Å². The van der Waals surface area contributed by atoms with Crippen LogP contribution in [0.1, 0.15) is 51.4 Å². The molecule has 1 aromatic carbocycles. The maximum Gasteiger partial charge on any atom is 0.289 e. The Hall–Kier alpha value is -3.35. The first kappa shape index (κ1) is 20.5. The fourth-order valence-electron chi connectivity index (χ4n) is 4.72. The number of carbonyl (C=O) groups excluding carboxylic acids is 2. The predicted molar refractivity (Wildman–Crippen MR) is 120 cm³/mol. The number of rotatable bonds is 5. The van der Waals surface area contributed by atoms with Crippen LogP contribution >= 0.6 is 0 Å². The zero-order valence-electron chi connectivity index (χ0n) is 18.6. The molecule has 1 saturated heterocycles. The summed E-state index contributed by atoms with van der Waals surface area (Å²) >= 11 is 0. The van der Waals surface area contributed by atoms with Gasteiger partial charge in [-0.3, -0.25) is 14.3 Å². The van der Waals surface area contributed by atoms with Gasteiger partial charge in [-0.25, -0.2) is 0 Å². The van der Waals surface area contributed by atoms with Gasteiger partial charge in [-0.15, -0.1) is 0 Å². The Balaban J connectivity index is 1.33. The minimum Gasteiger partial charge on any atom is -0.455 e. The Morgan fingerprint density at radius 1 is 1.12 bits per heavy atom. The maximum absolute atomic E-state index is 12.9. The third-order valence-electron chi connectivity index (χ3n) is 6.55. The van der Waals surface area contributed by atoms with E-state index in [0.717, 1.165) is 78.0 Å². The van der Waals surface area contributed by atoms with Crippen LogP contribution in [0, 0.1) is 13.8 Å². The minimum atomic E-state index is -0.0814. The minimum absolute atomic E-state index is 0.0223. The Morgan fingerprint density at radius 2 is 1.91 bits per heavy atom. The first-order chi connectivity index (χ1) is 15.5. The highest BCUT2D eigenvalue weighted by Gasteiger charge is 2.32. The molecule has 2 aliphatic rings. The molecular formula is C25H28N4O3. The van der Waals surface area contributed by atoms with Crippen LogP contribution in [0.25, 0.3) is 11.3 Å². The average molecular weight is 433 g/mol. The van der Waals surface area contributed by atoms with E-state index in [1.54, 1.807) is 4.68 Å². The molecule has 3 heterocycles. The van der Waals surface area contributed by atoms with Gasteiger partial charge in [-0.2, -0.15) is 5.10 Å². The molecule has 0 atom stereocenters. The Kier molecular flexibility index (Phi) is 5.33. The summed E-state index contributed by atoms with van der Waals surface area (Å²) < 4.78 is 7.73. The van der Waals surface area contributed by atoms with E-state index in [-0.39, 0.29) is 18.4 Å². The van der Waals surface area contributed by atoms with Crippen LogP contribution in [0.3, 0.4) is 0 Å². The van der Waals surface area contributed by atoms with E-state index < -0.39 is 0 Å². The fraction of sp³-hybridized carbons (Fsp3) is 0.400. The van der Waals surface area contributed by atoms with E-state index in [9.17, 15) is 9.59 Å². The third-order valence-corrected chi connectivity index (χ3v) is 6.55. The number of fused-ring (bicyclic) bond motifs is 3. The van der Waals surface area contributed by atoms with E-state index >= 15 is 0 Å². The van der Waals surface area contributed by atoms with Crippen molar-refractivity contribution in [2.24, 2.45) is 0 Å². The maximum atomic E-state index is 12.9. The predicted octanol–water partition coefficient (Wildman–Crippen LogP) is 3.41. The van der Waals surface area contributed by atoms with Crippen molar-refractivity contribution in [2.75, 3.05) is 13.1 Å². The summed E-state index contributed by atoms with van der Waals surface area (Å²) in [5.74, 6) is 1.16. The standard InChI is InChI=1S/C25H28N4O3/c1-16-7-3-4-8-18(16)13-26-21(30)15-29-14-19-9-10-20-22(23(19)27-29)17(2)24(32-20)25(31)28-11-5-6-12-28/h3-4,7-8,14H,5-6,9-13,15H2,1-2H3,(H,26,30). The molecule has 3 aromatic rings. The highest BCUT2D eigenvalue weighted by Crippen LogP contribution is 2.38. The lowest BCUT2D eigenvalue weighted by Gasteiger charge is -2.13. The van der Waals surface area contributed by atoms with Crippen LogP contribution in [-0.2, 0) is 30.7 Å². The Morgan fingerprint density at radius 3 is 2.69 bits per heavy atom. The summed E-state index contributed by atoms with van der Waals surface area (Å²) in [5.41, 5.74) is 5.96. The molecule has 166 valence electrons. The van der Waals surface area contributed by atoms with Crippen LogP contribution in [0.5, 0.6) is 0 Å². The molecule has 1 N–H and O–H groups in total.